The predicted octanol–water partition coefficient (Wildman–Crippen LogP) is 4.77. The molecule has 112 valence electrons. The van der Waals surface area contributed by atoms with Crippen LogP contribution in [0.15, 0.2) is 46.9 Å². The van der Waals surface area contributed by atoms with Crippen LogP contribution in [0, 0.1) is 5.82 Å². The zero-order valence-corrected chi connectivity index (χ0v) is 14.0. The summed E-state index contributed by atoms with van der Waals surface area (Å²) in [6.07, 6.45) is 0. The summed E-state index contributed by atoms with van der Waals surface area (Å²) in [6.45, 7) is 3.28. The fourth-order valence-corrected chi connectivity index (χ4v) is 2.89. The lowest BCUT2D eigenvalue weighted by Gasteiger charge is -2.32. The van der Waals surface area contributed by atoms with Crippen LogP contribution in [-0.4, -0.2) is 13.1 Å². The summed E-state index contributed by atoms with van der Waals surface area (Å²) in [7, 11) is 0. The van der Waals surface area contributed by atoms with Gasteiger partial charge in [0.05, 0.1) is 11.1 Å². The maximum Gasteiger partial charge on any atom is 0.123 e. The predicted molar refractivity (Wildman–Crippen MR) is 90.4 cm³/mol. The van der Waals surface area contributed by atoms with Gasteiger partial charge >= 0.3 is 0 Å². The molecule has 0 spiro atoms. The van der Waals surface area contributed by atoms with Crippen molar-refractivity contribution in [3.8, 4) is 0 Å². The number of anilines is 1. The number of benzene rings is 2. The van der Waals surface area contributed by atoms with Gasteiger partial charge in [0, 0.05) is 23.2 Å². The van der Waals surface area contributed by atoms with E-state index in [2.05, 4.69) is 27.8 Å². The lowest BCUT2D eigenvalue weighted by Crippen LogP contribution is -2.33. The third-order valence-corrected chi connectivity index (χ3v) is 4.64. The molecule has 0 aliphatic rings. The topological polar surface area (TPSA) is 29.3 Å². The van der Waals surface area contributed by atoms with Crippen LogP contribution in [0.4, 0.5) is 10.1 Å². The van der Waals surface area contributed by atoms with Gasteiger partial charge in [-0.25, -0.2) is 4.39 Å². The summed E-state index contributed by atoms with van der Waals surface area (Å²) in [6, 6.07) is 12.3. The summed E-state index contributed by atoms with van der Waals surface area (Å²) < 4.78 is 13.9. The molecule has 0 saturated heterocycles. The number of hydrogen-bond donors (Lipinski definition) is 1. The van der Waals surface area contributed by atoms with Crippen molar-refractivity contribution in [1.29, 1.82) is 0 Å². The van der Waals surface area contributed by atoms with E-state index in [0.717, 1.165) is 22.3 Å². The van der Waals surface area contributed by atoms with Crippen molar-refractivity contribution in [3.63, 3.8) is 0 Å². The molecule has 0 aliphatic heterocycles. The van der Waals surface area contributed by atoms with Gasteiger partial charge in [-0.15, -0.1) is 0 Å². The number of halogens is 3. The van der Waals surface area contributed by atoms with Crippen LogP contribution >= 0.6 is 27.5 Å². The molecule has 0 radical (unpaired) electrons. The average molecular weight is 372 g/mol. The van der Waals surface area contributed by atoms with Gasteiger partial charge in [-0.05, 0) is 64.8 Å². The zero-order valence-electron chi connectivity index (χ0n) is 11.7. The van der Waals surface area contributed by atoms with Gasteiger partial charge < -0.3 is 10.6 Å². The average Bonchev–Trinajstić information content (AvgIpc) is 2.49. The van der Waals surface area contributed by atoms with E-state index < -0.39 is 0 Å². The van der Waals surface area contributed by atoms with Crippen molar-refractivity contribution in [2.24, 2.45) is 5.73 Å². The lowest BCUT2D eigenvalue weighted by atomic mass is 10.0. The van der Waals surface area contributed by atoms with Crippen molar-refractivity contribution in [2.45, 2.75) is 13.0 Å². The normalized spacial score (nSPS) is 12.2. The van der Waals surface area contributed by atoms with Crippen molar-refractivity contribution in [1.82, 2.24) is 0 Å². The molecule has 0 amide bonds. The first-order chi connectivity index (χ1) is 10.1. The van der Waals surface area contributed by atoms with E-state index >= 15 is 0 Å². The Morgan fingerprint density at radius 2 is 1.90 bits per heavy atom. The van der Waals surface area contributed by atoms with Gasteiger partial charge in [0.15, 0.2) is 0 Å². The monoisotopic (exact) mass is 370 g/mol. The third-order valence-electron chi connectivity index (χ3n) is 3.43. The van der Waals surface area contributed by atoms with Gasteiger partial charge in [-0.1, -0.05) is 17.7 Å². The van der Waals surface area contributed by atoms with E-state index in [1.807, 2.05) is 18.2 Å². The van der Waals surface area contributed by atoms with Crippen LogP contribution < -0.4 is 10.6 Å². The molecular formula is C16H17BrClFN2. The molecule has 0 aliphatic carbocycles. The number of rotatable bonds is 5. The highest BCUT2D eigenvalue weighted by Crippen LogP contribution is 2.31. The quantitative estimate of drug-likeness (QED) is 0.820. The second-order valence-corrected chi connectivity index (χ2v) is 5.95. The zero-order chi connectivity index (χ0) is 15.4. The highest BCUT2D eigenvalue weighted by molar-refractivity contribution is 9.10. The van der Waals surface area contributed by atoms with Crippen molar-refractivity contribution < 1.29 is 4.39 Å². The molecule has 0 aromatic heterocycles. The van der Waals surface area contributed by atoms with E-state index in [-0.39, 0.29) is 11.9 Å². The largest absolute Gasteiger partial charge is 0.363 e. The van der Waals surface area contributed by atoms with E-state index in [1.165, 1.54) is 12.1 Å². The molecule has 2 aromatic rings. The van der Waals surface area contributed by atoms with E-state index in [1.54, 1.807) is 12.1 Å². The maximum atomic E-state index is 13.1. The molecule has 2 rings (SSSR count). The molecule has 0 bridgehead atoms. The van der Waals surface area contributed by atoms with Crippen LogP contribution in [0.2, 0.25) is 5.02 Å². The number of hydrogen-bond acceptors (Lipinski definition) is 2. The number of likely N-dealkylation sites (N-methyl/N-ethyl adjacent to an activating group) is 1. The van der Waals surface area contributed by atoms with Crippen molar-refractivity contribution in [2.75, 3.05) is 18.0 Å². The molecule has 0 saturated carbocycles. The Morgan fingerprint density at radius 1 is 1.24 bits per heavy atom. The van der Waals surface area contributed by atoms with E-state index in [4.69, 9.17) is 17.3 Å². The van der Waals surface area contributed by atoms with E-state index in [9.17, 15) is 4.39 Å². The Balaban J connectivity index is 2.36. The summed E-state index contributed by atoms with van der Waals surface area (Å²) in [5, 5.41) is 0.666. The first-order valence-electron chi connectivity index (χ1n) is 6.74. The Bertz CT molecular complexity index is 604. The van der Waals surface area contributed by atoms with Crippen LogP contribution in [0.5, 0.6) is 0 Å². The summed E-state index contributed by atoms with van der Waals surface area (Å²) >= 11 is 9.48. The Hall–Kier alpha value is -1.10. The van der Waals surface area contributed by atoms with Crippen LogP contribution in [-0.2, 0) is 0 Å². The minimum Gasteiger partial charge on any atom is -0.363 e. The number of nitrogens with zero attached hydrogens (tertiary/aromatic N) is 1. The number of nitrogens with two attached hydrogens (primary N) is 1. The molecule has 21 heavy (non-hydrogen) atoms. The molecule has 0 fully saturated rings. The summed E-state index contributed by atoms with van der Waals surface area (Å²) in [5.74, 6) is -0.242. The Kier molecular flexibility index (Phi) is 5.62. The Labute approximate surface area is 137 Å². The molecule has 2 aromatic carbocycles. The minimum absolute atomic E-state index is 0.00836. The van der Waals surface area contributed by atoms with Gasteiger partial charge in [0.2, 0.25) is 0 Å². The molecule has 2 nitrogen and oxygen atoms in total. The molecule has 0 heterocycles. The maximum absolute atomic E-state index is 13.1. The summed E-state index contributed by atoms with van der Waals surface area (Å²) in [4.78, 5) is 2.15. The molecule has 2 N–H and O–H groups in total. The lowest BCUT2D eigenvalue weighted by molar-refractivity contribution is 0.622. The standard InChI is InChI=1S/C16H17BrClFN2/c1-2-21(13-6-4-12(19)5-7-13)16(10-20)11-3-8-15(18)14(17)9-11/h3-9,16H,2,10,20H2,1H3. The second-order valence-electron chi connectivity index (χ2n) is 4.69. The van der Waals surface area contributed by atoms with Gasteiger partial charge in [0.25, 0.3) is 0 Å². The first kappa shape index (κ1) is 16.3. The van der Waals surface area contributed by atoms with Crippen LogP contribution in [0.1, 0.15) is 18.5 Å². The molecular weight excluding hydrogens is 355 g/mol. The molecule has 1 unspecified atom stereocenters. The molecule has 5 heteroatoms. The van der Waals surface area contributed by atoms with Crippen molar-refractivity contribution >= 4 is 33.2 Å². The van der Waals surface area contributed by atoms with E-state index in [0.29, 0.717) is 11.6 Å². The van der Waals surface area contributed by atoms with Gasteiger partial charge in [-0.2, -0.15) is 0 Å². The smallest absolute Gasteiger partial charge is 0.123 e. The first-order valence-corrected chi connectivity index (χ1v) is 7.91. The van der Waals surface area contributed by atoms with Gasteiger partial charge in [0.1, 0.15) is 5.82 Å². The van der Waals surface area contributed by atoms with Crippen molar-refractivity contribution in [3.05, 3.63) is 63.3 Å². The molecule has 1 atom stereocenters. The Morgan fingerprint density at radius 3 is 2.43 bits per heavy atom. The fraction of sp³-hybridized carbons (Fsp3) is 0.250. The highest BCUT2D eigenvalue weighted by atomic mass is 79.9. The van der Waals surface area contributed by atoms with Gasteiger partial charge in [-0.3, -0.25) is 0 Å². The third kappa shape index (κ3) is 3.76. The van der Waals surface area contributed by atoms with Crippen LogP contribution in [0.25, 0.3) is 0 Å². The minimum atomic E-state index is -0.242. The summed E-state index contributed by atoms with van der Waals surface area (Å²) in [5.41, 5.74) is 7.99. The van der Waals surface area contributed by atoms with Crippen LogP contribution in [0.3, 0.4) is 0 Å². The highest BCUT2D eigenvalue weighted by Gasteiger charge is 2.19. The second kappa shape index (κ2) is 7.25. The SMILES string of the molecule is CCN(c1ccc(F)cc1)C(CN)c1ccc(Cl)c(Br)c1. The fourth-order valence-electron chi connectivity index (χ4n) is 2.38.